The number of carbonyl (C=O) groups is 2. The van der Waals surface area contributed by atoms with Crippen molar-refractivity contribution < 1.29 is 23.9 Å². The first-order valence-electron chi connectivity index (χ1n) is 11.5. The molecule has 3 aliphatic rings. The number of anilines is 1. The summed E-state index contributed by atoms with van der Waals surface area (Å²) in [5.41, 5.74) is 3.17. The molecule has 2 aliphatic heterocycles. The molecule has 0 aromatic heterocycles. The highest BCUT2D eigenvalue weighted by Crippen LogP contribution is 2.27. The van der Waals surface area contributed by atoms with Crippen molar-refractivity contribution in [3.63, 3.8) is 0 Å². The van der Waals surface area contributed by atoms with Gasteiger partial charge in [0.15, 0.2) is 0 Å². The highest BCUT2D eigenvalue weighted by atomic mass is 16.7. The van der Waals surface area contributed by atoms with E-state index in [0.29, 0.717) is 5.96 Å². The van der Waals surface area contributed by atoms with Gasteiger partial charge < -0.3 is 19.6 Å². The number of hydroxylamine groups is 2. The number of nitrogens with zero attached hydrogens (tertiary/aromatic N) is 2. The van der Waals surface area contributed by atoms with E-state index in [0.717, 1.165) is 36.8 Å². The largest absolute Gasteiger partial charge is 0.494 e. The Bertz CT molecular complexity index is 1030. The Morgan fingerprint density at radius 3 is 2.39 bits per heavy atom. The summed E-state index contributed by atoms with van der Waals surface area (Å²) in [6, 6.07) is 16.2. The second-order valence-electron chi connectivity index (χ2n) is 8.68. The molecule has 1 saturated carbocycles. The fourth-order valence-electron chi connectivity index (χ4n) is 4.43. The van der Waals surface area contributed by atoms with Crippen LogP contribution in [0.2, 0.25) is 0 Å². The number of rotatable bonds is 7. The first-order chi connectivity index (χ1) is 16.1. The number of hydrogen-bond donors (Lipinski definition) is 1. The Morgan fingerprint density at radius 1 is 0.970 bits per heavy atom. The van der Waals surface area contributed by atoms with Crippen LogP contribution in [0.1, 0.15) is 43.2 Å². The lowest BCUT2D eigenvalue weighted by Crippen LogP contribution is -2.36. The summed E-state index contributed by atoms with van der Waals surface area (Å²) in [5.74, 6) is 0.0232. The Kier molecular flexibility index (Phi) is 6.15. The van der Waals surface area contributed by atoms with Crippen LogP contribution in [0.15, 0.2) is 53.5 Å². The zero-order valence-corrected chi connectivity index (χ0v) is 18.4. The summed E-state index contributed by atoms with van der Waals surface area (Å²) in [5, 5.41) is 4.34. The topological polar surface area (TPSA) is 89.5 Å². The predicted octanol–water partition coefficient (Wildman–Crippen LogP) is 3.66. The molecule has 1 atom stereocenters. The van der Waals surface area contributed by atoms with Gasteiger partial charge in [0.2, 0.25) is 12.2 Å². The molecule has 8 nitrogen and oxygen atoms in total. The molecule has 0 amide bonds. The second kappa shape index (κ2) is 9.52. The summed E-state index contributed by atoms with van der Waals surface area (Å²) in [7, 11) is 0. The van der Waals surface area contributed by atoms with Gasteiger partial charge in [-0.25, -0.2) is 14.6 Å². The molecule has 2 heterocycles. The highest BCUT2D eigenvalue weighted by Gasteiger charge is 2.38. The van der Waals surface area contributed by atoms with E-state index in [9.17, 15) is 9.59 Å². The Morgan fingerprint density at radius 2 is 1.67 bits per heavy atom. The smallest absolute Gasteiger partial charge is 0.441 e. The van der Waals surface area contributed by atoms with Crippen molar-refractivity contribution in [1.29, 1.82) is 0 Å². The quantitative estimate of drug-likeness (QED) is 0.510. The van der Waals surface area contributed by atoms with E-state index in [4.69, 9.17) is 14.3 Å². The van der Waals surface area contributed by atoms with Crippen molar-refractivity contribution in [3.8, 4) is 5.75 Å². The summed E-state index contributed by atoms with van der Waals surface area (Å²) < 4.78 is 10.8. The summed E-state index contributed by atoms with van der Waals surface area (Å²) in [6.07, 6.45) is 6.66. The molecule has 1 saturated heterocycles. The van der Waals surface area contributed by atoms with Gasteiger partial charge in [-0.1, -0.05) is 49.9 Å². The van der Waals surface area contributed by atoms with Crippen molar-refractivity contribution in [2.24, 2.45) is 10.9 Å². The number of hydrogen-bond acceptors (Lipinski definition) is 8. The Hall–Kier alpha value is -3.55. The van der Waals surface area contributed by atoms with E-state index in [1.165, 1.54) is 41.9 Å². The van der Waals surface area contributed by atoms with Gasteiger partial charge in [0, 0.05) is 5.69 Å². The third kappa shape index (κ3) is 5.27. The average molecular weight is 450 g/mol. The molecule has 172 valence electrons. The van der Waals surface area contributed by atoms with Gasteiger partial charge in [-0.3, -0.25) is 0 Å². The van der Waals surface area contributed by atoms with E-state index in [2.05, 4.69) is 22.4 Å². The van der Waals surface area contributed by atoms with Crippen LogP contribution in [0, 0.1) is 5.92 Å². The first kappa shape index (κ1) is 21.3. The maximum absolute atomic E-state index is 11.5. The summed E-state index contributed by atoms with van der Waals surface area (Å²) >= 11 is 0. The van der Waals surface area contributed by atoms with E-state index >= 15 is 0 Å². The molecule has 33 heavy (non-hydrogen) atoms. The molecule has 2 aromatic rings. The van der Waals surface area contributed by atoms with E-state index in [1.807, 2.05) is 36.4 Å². The first-order valence-corrected chi connectivity index (χ1v) is 11.5. The number of esters is 1. The molecule has 1 aliphatic carbocycles. The lowest BCUT2D eigenvalue weighted by atomic mass is 10.0. The van der Waals surface area contributed by atoms with Gasteiger partial charge in [0.05, 0.1) is 6.61 Å². The van der Waals surface area contributed by atoms with Gasteiger partial charge in [-0.15, -0.1) is 0 Å². The fraction of sp³-hybridized carbons (Fsp3) is 0.400. The molecule has 0 spiro atoms. The summed E-state index contributed by atoms with van der Waals surface area (Å²) in [4.78, 5) is 32.1. The fourth-order valence-corrected chi connectivity index (χ4v) is 4.43. The number of carbonyl (C=O) groups excluding carboxylic acids is 2. The molecule has 0 radical (unpaired) electrons. The van der Waals surface area contributed by atoms with Gasteiger partial charge >= 0.3 is 11.9 Å². The zero-order valence-electron chi connectivity index (χ0n) is 18.4. The molecular formula is C25H27N3O5. The van der Waals surface area contributed by atoms with Crippen molar-refractivity contribution in [1.82, 2.24) is 5.06 Å². The van der Waals surface area contributed by atoms with E-state index in [1.54, 1.807) is 0 Å². The van der Waals surface area contributed by atoms with Crippen LogP contribution in [0.3, 0.4) is 0 Å². The summed E-state index contributed by atoms with van der Waals surface area (Å²) in [6.45, 7) is 0.974. The number of nitrogens with one attached hydrogen (secondary N) is 1. The maximum atomic E-state index is 11.5. The van der Waals surface area contributed by atoms with Crippen LogP contribution in [-0.2, 0) is 25.6 Å². The zero-order chi connectivity index (χ0) is 22.6. The number of ether oxygens (including phenoxy) is 2. The van der Waals surface area contributed by atoms with Gasteiger partial charge in [0.1, 0.15) is 12.3 Å². The van der Waals surface area contributed by atoms with Crippen LogP contribution < -0.4 is 10.1 Å². The number of fused-ring (bicyclic) bond motifs is 2. The highest BCUT2D eigenvalue weighted by molar-refractivity contribution is 6.30. The van der Waals surface area contributed by atoms with Gasteiger partial charge in [-0.05, 0) is 54.2 Å². The Labute approximate surface area is 192 Å². The molecule has 2 fully saturated rings. The standard InChI is InChI=1S/C25H27N3O5/c29-23-24(30)33-28-16-22(32-23)27-25(28)26-20-9-5-18(6-10-20)15-19-7-11-21(12-8-19)31-14-13-17-3-1-2-4-17/h5-12,17,22H,1-4,13-16H2,(H,26,27). The monoisotopic (exact) mass is 449 g/mol. The number of benzene rings is 2. The van der Waals surface area contributed by atoms with Gasteiger partial charge in [-0.2, -0.15) is 5.06 Å². The molecular weight excluding hydrogens is 422 g/mol. The average Bonchev–Trinajstić information content (AvgIpc) is 3.43. The van der Waals surface area contributed by atoms with E-state index in [-0.39, 0.29) is 6.54 Å². The maximum Gasteiger partial charge on any atom is 0.441 e. The molecule has 2 aromatic carbocycles. The van der Waals surface area contributed by atoms with E-state index < -0.39 is 18.2 Å². The van der Waals surface area contributed by atoms with Crippen LogP contribution >= 0.6 is 0 Å². The predicted molar refractivity (Wildman–Crippen MR) is 121 cm³/mol. The third-order valence-electron chi connectivity index (χ3n) is 6.24. The number of aliphatic imine (C=N–C) groups is 1. The number of guanidine groups is 1. The normalized spacial score (nSPS) is 20.2. The minimum absolute atomic E-state index is 0.179. The van der Waals surface area contributed by atoms with Crippen molar-refractivity contribution >= 4 is 23.6 Å². The van der Waals surface area contributed by atoms with Crippen molar-refractivity contribution in [2.45, 2.75) is 44.8 Å². The Balaban J connectivity index is 1.12. The van der Waals surface area contributed by atoms with Crippen LogP contribution in [0.25, 0.3) is 0 Å². The van der Waals surface area contributed by atoms with Crippen molar-refractivity contribution in [2.75, 3.05) is 18.5 Å². The van der Waals surface area contributed by atoms with Crippen LogP contribution in [-0.4, -0.2) is 42.3 Å². The second-order valence-corrected chi connectivity index (χ2v) is 8.68. The third-order valence-corrected chi connectivity index (χ3v) is 6.24. The lowest BCUT2D eigenvalue weighted by molar-refractivity contribution is -0.179. The lowest BCUT2D eigenvalue weighted by Gasteiger charge is -2.17. The minimum Gasteiger partial charge on any atom is -0.494 e. The molecule has 2 bridgehead atoms. The molecule has 8 heteroatoms. The molecule has 1 N–H and O–H groups in total. The van der Waals surface area contributed by atoms with Crippen molar-refractivity contribution in [3.05, 3.63) is 59.7 Å². The van der Waals surface area contributed by atoms with Gasteiger partial charge in [0.25, 0.3) is 0 Å². The molecule has 1 unspecified atom stereocenters. The minimum atomic E-state index is -1.05. The van der Waals surface area contributed by atoms with Crippen LogP contribution in [0.5, 0.6) is 5.75 Å². The SMILES string of the molecule is O=C1OC2CN(OC1=O)C(Nc1ccc(Cc3ccc(OCCC4CCCC4)cc3)cc1)=N2. The van der Waals surface area contributed by atoms with Crippen LogP contribution in [0.4, 0.5) is 5.69 Å². The molecule has 5 rings (SSSR count).